The van der Waals surface area contributed by atoms with Gasteiger partial charge in [0.05, 0.1) is 12.5 Å². The first-order valence-corrected chi connectivity index (χ1v) is 10.4. The Labute approximate surface area is 162 Å². The lowest BCUT2D eigenvalue weighted by Gasteiger charge is -2.38. The predicted molar refractivity (Wildman–Crippen MR) is 104 cm³/mol. The van der Waals surface area contributed by atoms with Gasteiger partial charge in [0.2, 0.25) is 0 Å². The van der Waals surface area contributed by atoms with E-state index >= 15 is 0 Å². The summed E-state index contributed by atoms with van der Waals surface area (Å²) in [6, 6.07) is 0. The number of rotatable bonds is 5. The topological polar surface area (TPSA) is 83.8 Å². The normalized spacial score (nSPS) is 32.5. The quantitative estimate of drug-likeness (QED) is 0.699. The van der Waals surface area contributed by atoms with E-state index in [1.165, 1.54) is 24.8 Å². The molecule has 3 aliphatic rings. The molecule has 2 N–H and O–H groups in total. The molecule has 3 unspecified atom stereocenters. The van der Waals surface area contributed by atoms with E-state index in [-0.39, 0.29) is 18.5 Å². The molecule has 5 heteroatoms. The van der Waals surface area contributed by atoms with E-state index in [2.05, 4.69) is 25.2 Å². The molecule has 0 aromatic rings. The van der Waals surface area contributed by atoms with Crippen LogP contribution < -0.4 is 0 Å². The second-order valence-electron chi connectivity index (χ2n) is 8.05. The maximum Gasteiger partial charge on any atom is 0.308 e. The van der Waals surface area contributed by atoms with Crippen molar-refractivity contribution in [1.29, 1.82) is 0 Å². The van der Waals surface area contributed by atoms with Crippen LogP contribution in [0.25, 0.3) is 0 Å². The Morgan fingerprint density at radius 1 is 1.33 bits per heavy atom. The average molecular weight is 379 g/mol. The number of esters is 1. The largest absolute Gasteiger partial charge is 0.481 e. The number of carboxylic acids is 1. The van der Waals surface area contributed by atoms with Crippen molar-refractivity contribution in [2.75, 3.05) is 0 Å². The zero-order valence-electron chi connectivity index (χ0n) is 16.6. The third-order valence-electron chi connectivity index (χ3n) is 5.83. The van der Waals surface area contributed by atoms with Crippen LogP contribution in [0.2, 0.25) is 0 Å². The highest BCUT2D eigenvalue weighted by atomic mass is 16.5. The first kappa shape index (κ1) is 21.7. The summed E-state index contributed by atoms with van der Waals surface area (Å²) in [7, 11) is 0. The first-order chi connectivity index (χ1) is 12.9. The third kappa shape index (κ3) is 6.80. The Bertz CT molecular complexity index is 565. The van der Waals surface area contributed by atoms with Crippen molar-refractivity contribution in [1.82, 2.24) is 0 Å². The number of fused-ring (bicyclic) bond motifs is 1. The molecule has 5 nitrogen and oxygen atoms in total. The Kier molecular flexibility index (Phi) is 8.55. The fourth-order valence-electron chi connectivity index (χ4n) is 4.44. The molecule has 3 rings (SSSR count). The fraction of sp³-hybridized carbons (Fsp3) is 0.727. The SMILES string of the molecule is CC1C=CC2=CCCC[C@@H]2C1CC[C@@H]1CC(O)CC(=O)O1.CCCC(=O)O. The summed E-state index contributed by atoms with van der Waals surface area (Å²) in [5.41, 5.74) is 1.52. The van der Waals surface area contributed by atoms with E-state index in [4.69, 9.17) is 9.84 Å². The van der Waals surface area contributed by atoms with Crippen molar-refractivity contribution in [2.24, 2.45) is 17.8 Å². The highest BCUT2D eigenvalue weighted by molar-refractivity contribution is 5.70. The maximum absolute atomic E-state index is 11.4. The second-order valence-corrected chi connectivity index (χ2v) is 8.05. The van der Waals surface area contributed by atoms with Crippen LogP contribution in [0.1, 0.15) is 71.6 Å². The van der Waals surface area contributed by atoms with Crippen LogP contribution in [-0.2, 0) is 14.3 Å². The van der Waals surface area contributed by atoms with Crippen LogP contribution in [-0.4, -0.2) is 34.4 Å². The van der Waals surface area contributed by atoms with Gasteiger partial charge in [-0.25, -0.2) is 0 Å². The number of allylic oxidation sites excluding steroid dienone is 4. The lowest BCUT2D eigenvalue weighted by Crippen LogP contribution is -2.34. The summed E-state index contributed by atoms with van der Waals surface area (Å²) in [6.07, 6.45) is 14.0. The lowest BCUT2D eigenvalue weighted by molar-refractivity contribution is -0.160. The van der Waals surface area contributed by atoms with Crippen molar-refractivity contribution in [3.63, 3.8) is 0 Å². The van der Waals surface area contributed by atoms with Gasteiger partial charge in [0, 0.05) is 12.8 Å². The zero-order valence-corrected chi connectivity index (χ0v) is 16.6. The highest BCUT2D eigenvalue weighted by Gasteiger charge is 2.34. The average Bonchev–Trinajstić information content (AvgIpc) is 2.60. The zero-order chi connectivity index (χ0) is 19.8. The molecule has 1 heterocycles. The summed E-state index contributed by atoms with van der Waals surface area (Å²) in [5.74, 6) is 0.975. The van der Waals surface area contributed by atoms with E-state index in [9.17, 15) is 14.7 Å². The van der Waals surface area contributed by atoms with Gasteiger partial charge in [-0.05, 0) is 61.9 Å². The summed E-state index contributed by atoms with van der Waals surface area (Å²) < 4.78 is 5.39. The molecule has 0 amide bonds. The number of aliphatic hydroxyl groups excluding tert-OH is 1. The van der Waals surface area contributed by atoms with Crippen molar-refractivity contribution >= 4 is 11.9 Å². The Hall–Kier alpha value is -1.62. The summed E-state index contributed by atoms with van der Waals surface area (Å²) in [5, 5.41) is 17.6. The Balaban J connectivity index is 0.000000380. The monoisotopic (exact) mass is 378 g/mol. The molecular weight excluding hydrogens is 344 g/mol. The minimum Gasteiger partial charge on any atom is -0.481 e. The summed E-state index contributed by atoms with van der Waals surface area (Å²) in [6.45, 7) is 4.14. The molecule has 27 heavy (non-hydrogen) atoms. The predicted octanol–water partition coefficient (Wildman–Crippen LogP) is 4.25. The van der Waals surface area contributed by atoms with Crippen LogP contribution in [0.4, 0.5) is 0 Å². The number of cyclic esters (lactones) is 1. The third-order valence-corrected chi connectivity index (χ3v) is 5.83. The van der Waals surface area contributed by atoms with E-state index in [1.54, 1.807) is 0 Å². The van der Waals surface area contributed by atoms with Gasteiger partial charge < -0.3 is 14.9 Å². The van der Waals surface area contributed by atoms with Crippen molar-refractivity contribution < 1.29 is 24.5 Å². The molecule has 1 aliphatic heterocycles. The van der Waals surface area contributed by atoms with Gasteiger partial charge in [0.15, 0.2) is 0 Å². The van der Waals surface area contributed by atoms with E-state index < -0.39 is 12.1 Å². The minimum absolute atomic E-state index is 0.0876. The number of aliphatic carboxylic acids is 1. The smallest absolute Gasteiger partial charge is 0.308 e. The summed E-state index contributed by atoms with van der Waals surface area (Å²) in [4.78, 5) is 21.0. The van der Waals surface area contributed by atoms with Gasteiger partial charge in [-0.1, -0.05) is 32.1 Å². The molecule has 0 aromatic heterocycles. The molecule has 0 saturated carbocycles. The number of carbonyl (C=O) groups excluding carboxylic acids is 1. The fourth-order valence-corrected chi connectivity index (χ4v) is 4.44. The molecule has 1 saturated heterocycles. The van der Waals surface area contributed by atoms with Crippen molar-refractivity contribution in [3.8, 4) is 0 Å². The molecule has 152 valence electrons. The van der Waals surface area contributed by atoms with Gasteiger partial charge in [-0.3, -0.25) is 9.59 Å². The minimum atomic E-state index is -0.711. The van der Waals surface area contributed by atoms with E-state index in [1.807, 2.05) is 6.92 Å². The van der Waals surface area contributed by atoms with E-state index in [0.29, 0.717) is 30.6 Å². The Morgan fingerprint density at radius 2 is 2.11 bits per heavy atom. The van der Waals surface area contributed by atoms with Gasteiger partial charge in [0.1, 0.15) is 6.10 Å². The van der Waals surface area contributed by atoms with Gasteiger partial charge >= 0.3 is 11.9 Å². The van der Waals surface area contributed by atoms with Crippen molar-refractivity contribution in [2.45, 2.75) is 83.8 Å². The molecule has 0 bridgehead atoms. The molecule has 5 atom stereocenters. The number of carboxylic acid groups (broad SMARTS) is 1. The van der Waals surface area contributed by atoms with Crippen LogP contribution in [0.3, 0.4) is 0 Å². The summed E-state index contributed by atoms with van der Waals surface area (Å²) >= 11 is 0. The number of hydrogen-bond acceptors (Lipinski definition) is 4. The van der Waals surface area contributed by atoms with Gasteiger partial charge in [-0.15, -0.1) is 0 Å². The first-order valence-electron chi connectivity index (χ1n) is 10.4. The molecule has 0 aromatic carbocycles. The number of hydrogen-bond donors (Lipinski definition) is 2. The van der Waals surface area contributed by atoms with Gasteiger partial charge in [-0.2, -0.15) is 0 Å². The highest BCUT2D eigenvalue weighted by Crippen LogP contribution is 2.42. The van der Waals surface area contributed by atoms with E-state index in [0.717, 1.165) is 19.3 Å². The number of aliphatic hydroxyl groups is 1. The van der Waals surface area contributed by atoms with Crippen LogP contribution in [0.15, 0.2) is 23.8 Å². The second kappa shape index (κ2) is 10.6. The molecule has 2 aliphatic carbocycles. The molecular formula is C22H34O5. The maximum atomic E-state index is 11.4. The molecule has 0 spiro atoms. The standard InChI is InChI=1S/C18H26O3.C4H8O2/c1-12-6-7-13-4-2-3-5-17(13)16(12)9-8-15-10-14(19)11-18(20)21-15;1-2-3-4(5)6/h4,6-7,12,14-17,19H,2-3,5,8-11H2,1H3;2-3H2,1H3,(H,5,6)/t12?,14?,15-,16?,17+;/m1./s1. The van der Waals surface area contributed by atoms with Crippen molar-refractivity contribution in [3.05, 3.63) is 23.8 Å². The molecule has 1 fully saturated rings. The van der Waals surface area contributed by atoms with Crippen LogP contribution in [0.5, 0.6) is 0 Å². The number of ether oxygens (including phenoxy) is 1. The Morgan fingerprint density at radius 3 is 2.74 bits per heavy atom. The lowest BCUT2D eigenvalue weighted by atomic mass is 9.68. The van der Waals surface area contributed by atoms with Gasteiger partial charge in [0.25, 0.3) is 0 Å². The van der Waals surface area contributed by atoms with Crippen LogP contribution in [0, 0.1) is 17.8 Å². The number of carbonyl (C=O) groups is 2. The molecule has 0 radical (unpaired) electrons. The van der Waals surface area contributed by atoms with Crippen LogP contribution >= 0.6 is 0 Å².